The van der Waals surface area contributed by atoms with E-state index in [-0.39, 0.29) is 30.4 Å². The third kappa shape index (κ3) is 4.96. The Labute approximate surface area is 136 Å². The van der Waals surface area contributed by atoms with Gasteiger partial charge in [0.2, 0.25) is 5.91 Å². The molecule has 7 heteroatoms. The third-order valence-electron chi connectivity index (χ3n) is 3.65. The van der Waals surface area contributed by atoms with Gasteiger partial charge >= 0.3 is 0 Å². The predicted octanol–water partition coefficient (Wildman–Crippen LogP) is 2.45. The first-order valence-corrected chi connectivity index (χ1v) is 6.97. The topological polar surface area (TPSA) is 84.2 Å². The quantitative estimate of drug-likeness (QED) is 0.748. The molecule has 0 spiro atoms. The number of hydrogen-bond acceptors (Lipinski definition) is 3. The molecule has 1 aromatic rings. The first-order chi connectivity index (χ1) is 9.87. The number of hydrogen-bond donors (Lipinski definition) is 3. The highest BCUT2D eigenvalue weighted by atomic mass is 35.5. The summed E-state index contributed by atoms with van der Waals surface area (Å²) < 4.78 is 13.8. The van der Waals surface area contributed by atoms with Crippen molar-refractivity contribution in [2.45, 2.75) is 39.2 Å². The van der Waals surface area contributed by atoms with Crippen LogP contribution in [0.1, 0.15) is 44.0 Å². The molecule has 0 bridgehead atoms. The van der Waals surface area contributed by atoms with Crippen LogP contribution in [0.5, 0.6) is 0 Å². The van der Waals surface area contributed by atoms with Gasteiger partial charge in [0.05, 0.1) is 11.1 Å². The summed E-state index contributed by atoms with van der Waals surface area (Å²) in [4.78, 5) is 23.3. The monoisotopic (exact) mass is 331 g/mol. The SMILES string of the molecule is CCC(CC)(CN)NC(=O)c1cc(NC(C)=O)ccc1F.Cl. The molecule has 4 N–H and O–H groups in total. The van der Waals surface area contributed by atoms with Gasteiger partial charge in [-0.05, 0) is 31.0 Å². The van der Waals surface area contributed by atoms with Gasteiger partial charge in [-0.3, -0.25) is 9.59 Å². The fourth-order valence-electron chi connectivity index (χ4n) is 2.05. The molecule has 5 nitrogen and oxygen atoms in total. The summed E-state index contributed by atoms with van der Waals surface area (Å²) >= 11 is 0. The fraction of sp³-hybridized carbons (Fsp3) is 0.467. The molecule has 0 aliphatic carbocycles. The summed E-state index contributed by atoms with van der Waals surface area (Å²) in [5, 5.41) is 5.32. The lowest BCUT2D eigenvalue weighted by Crippen LogP contribution is -2.53. The molecule has 22 heavy (non-hydrogen) atoms. The summed E-state index contributed by atoms with van der Waals surface area (Å²) in [7, 11) is 0. The first-order valence-electron chi connectivity index (χ1n) is 6.97. The van der Waals surface area contributed by atoms with E-state index >= 15 is 0 Å². The van der Waals surface area contributed by atoms with E-state index in [9.17, 15) is 14.0 Å². The fourth-order valence-corrected chi connectivity index (χ4v) is 2.05. The van der Waals surface area contributed by atoms with Crippen LogP contribution in [0.4, 0.5) is 10.1 Å². The van der Waals surface area contributed by atoms with E-state index in [0.717, 1.165) is 6.07 Å². The summed E-state index contributed by atoms with van der Waals surface area (Å²) in [6.45, 7) is 5.46. The van der Waals surface area contributed by atoms with Crippen molar-refractivity contribution in [1.82, 2.24) is 5.32 Å². The number of benzene rings is 1. The van der Waals surface area contributed by atoms with E-state index in [4.69, 9.17) is 5.73 Å². The Balaban J connectivity index is 0.00000441. The zero-order valence-electron chi connectivity index (χ0n) is 13.0. The number of carbonyl (C=O) groups excluding carboxylic acids is 2. The Morgan fingerprint density at radius 1 is 1.27 bits per heavy atom. The van der Waals surface area contributed by atoms with E-state index in [2.05, 4.69) is 10.6 Å². The highest BCUT2D eigenvalue weighted by Crippen LogP contribution is 2.18. The van der Waals surface area contributed by atoms with Crippen molar-refractivity contribution in [1.29, 1.82) is 0 Å². The van der Waals surface area contributed by atoms with E-state index < -0.39 is 17.3 Å². The Morgan fingerprint density at radius 3 is 2.32 bits per heavy atom. The van der Waals surface area contributed by atoms with Crippen LogP contribution in [0.15, 0.2) is 18.2 Å². The Bertz CT molecular complexity index is 525. The van der Waals surface area contributed by atoms with E-state index in [1.165, 1.54) is 19.1 Å². The smallest absolute Gasteiger partial charge is 0.254 e. The van der Waals surface area contributed by atoms with Gasteiger partial charge in [0.25, 0.3) is 5.91 Å². The minimum atomic E-state index is -0.639. The van der Waals surface area contributed by atoms with Crippen LogP contribution in [0.3, 0.4) is 0 Å². The second kappa shape index (κ2) is 8.70. The molecule has 0 unspecified atom stereocenters. The maximum atomic E-state index is 13.8. The summed E-state index contributed by atoms with van der Waals surface area (Å²) in [5.74, 6) is -1.46. The van der Waals surface area contributed by atoms with Crippen molar-refractivity contribution in [2.75, 3.05) is 11.9 Å². The van der Waals surface area contributed by atoms with E-state index in [1.54, 1.807) is 0 Å². The molecule has 0 atom stereocenters. The third-order valence-corrected chi connectivity index (χ3v) is 3.65. The Hall–Kier alpha value is -1.66. The van der Waals surface area contributed by atoms with Crippen LogP contribution in [-0.2, 0) is 4.79 Å². The van der Waals surface area contributed by atoms with Gasteiger partial charge in [-0.15, -0.1) is 12.4 Å². The van der Waals surface area contributed by atoms with Crippen LogP contribution in [-0.4, -0.2) is 23.9 Å². The van der Waals surface area contributed by atoms with Gasteiger partial charge < -0.3 is 16.4 Å². The van der Waals surface area contributed by atoms with E-state index in [0.29, 0.717) is 18.5 Å². The number of rotatable bonds is 6. The zero-order valence-corrected chi connectivity index (χ0v) is 13.8. The van der Waals surface area contributed by atoms with Gasteiger partial charge in [-0.25, -0.2) is 4.39 Å². The molecule has 0 radical (unpaired) electrons. The van der Waals surface area contributed by atoms with Crippen LogP contribution < -0.4 is 16.4 Å². The van der Waals surface area contributed by atoms with Crippen LogP contribution in [0.25, 0.3) is 0 Å². The first kappa shape index (κ1) is 20.3. The maximum Gasteiger partial charge on any atom is 0.254 e. The number of anilines is 1. The average molecular weight is 332 g/mol. The number of amides is 2. The van der Waals surface area contributed by atoms with Gasteiger partial charge in [0, 0.05) is 19.2 Å². The summed E-state index contributed by atoms with van der Waals surface area (Å²) in [5.41, 5.74) is 5.44. The van der Waals surface area contributed by atoms with Crippen LogP contribution in [0, 0.1) is 5.82 Å². The lowest BCUT2D eigenvalue weighted by molar-refractivity contribution is -0.114. The average Bonchev–Trinajstić information content (AvgIpc) is 2.46. The number of nitrogens with two attached hydrogens (primary N) is 1. The Morgan fingerprint density at radius 2 is 1.86 bits per heavy atom. The molecule has 0 fully saturated rings. The van der Waals surface area contributed by atoms with Crippen molar-refractivity contribution in [2.24, 2.45) is 5.73 Å². The second-order valence-electron chi connectivity index (χ2n) is 5.02. The molecule has 0 aromatic heterocycles. The standard InChI is InChI=1S/C15H22FN3O2.ClH/c1-4-15(5-2,9-17)19-14(21)12-8-11(18-10(3)20)6-7-13(12)16;/h6-8H,4-5,9,17H2,1-3H3,(H,18,20)(H,19,21);1H. The largest absolute Gasteiger partial charge is 0.345 e. The van der Waals surface area contributed by atoms with Crippen molar-refractivity contribution < 1.29 is 14.0 Å². The van der Waals surface area contributed by atoms with Crippen LogP contribution >= 0.6 is 12.4 Å². The molecule has 1 rings (SSSR count). The molecule has 1 aromatic carbocycles. The van der Waals surface area contributed by atoms with Crippen molar-refractivity contribution >= 4 is 29.9 Å². The molecule has 0 aliphatic heterocycles. The minimum Gasteiger partial charge on any atom is -0.345 e. The highest BCUT2D eigenvalue weighted by Gasteiger charge is 2.27. The van der Waals surface area contributed by atoms with Crippen molar-refractivity contribution in [3.05, 3.63) is 29.6 Å². The summed E-state index contributed by atoms with van der Waals surface area (Å²) in [6, 6.07) is 3.88. The molecule has 2 amide bonds. The van der Waals surface area contributed by atoms with Gasteiger partial charge in [0.15, 0.2) is 0 Å². The molecule has 0 saturated carbocycles. The van der Waals surface area contributed by atoms with Gasteiger partial charge in [-0.2, -0.15) is 0 Å². The number of carbonyl (C=O) groups is 2. The molecule has 0 saturated heterocycles. The molecule has 0 aliphatic rings. The lowest BCUT2D eigenvalue weighted by Gasteiger charge is -2.31. The van der Waals surface area contributed by atoms with Gasteiger partial charge in [-0.1, -0.05) is 13.8 Å². The summed E-state index contributed by atoms with van der Waals surface area (Å²) in [6.07, 6.45) is 1.30. The van der Waals surface area contributed by atoms with Crippen molar-refractivity contribution in [3.8, 4) is 0 Å². The van der Waals surface area contributed by atoms with Gasteiger partial charge in [0.1, 0.15) is 5.82 Å². The maximum absolute atomic E-state index is 13.8. The van der Waals surface area contributed by atoms with E-state index in [1.807, 2.05) is 13.8 Å². The zero-order chi connectivity index (χ0) is 16.0. The highest BCUT2D eigenvalue weighted by molar-refractivity contribution is 5.97. The molecular formula is C15H23ClFN3O2. The minimum absolute atomic E-state index is 0. The second-order valence-corrected chi connectivity index (χ2v) is 5.02. The number of halogens is 2. The molecular weight excluding hydrogens is 309 g/mol. The number of nitrogens with one attached hydrogen (secondary N) is 2. The van der Waals surface area contributed by atoms with Crippen molar-refractivity contribution in [3.63, 3.8) is 0 Å². The van der Waals surface area contributed by atoms with Crippen LogP contribution in [0.2, 0.25) is 0 Å². The molecule has 124 valence electrons. The normalized spacial score (nSPS) is 10.6. The lowest BCUT2D eigenvalue weighted by atomic mass is 9.92. The molecule has 0 heterocycles. The Kier molecular flexibility index (Phi) is 8.05. The predicted molar refractivity (Wildman–Crippen MR) is 87.8 cm³/mol.